The van der Waals surface area contributed by atoms with Gasteiger partial charge in [-0.25, -0.2) is 0 Å². The van der Waals surface area contributed by atoms with E-state index in [1.54, 1.807) is 0 Å². The normalized spacial score (nSPS) is 19.2. The van der Waals surface area contributed by atoms with Gasteiger partial charge in [-0.3, -0.25) is 9.59 Å². The molecule has 2 fully saturated rings. The van der Waals surface area contributed by atoms with Crippen LogP contribution in [0.15, 0.2) is 42.5 Å². The molecule has 4 heteroatoms. The number of hydrogen-bond acceptors (Lipinski definition) is 2. The lowest BCUT2D eigenvalue weighted by molar-refractivity contribution is -0.126. The summed E-state index contributed by atoms with van der Waals surface area (Å²) < 4.78 is 0. The SMILES string of the molecule is O=C(NC1CCN(C(=O)c2cccc3ccccc23)CC1)C1CCCCC1. The summed E-state index contributed by atoms with van der Waals surface area (Å²) in [4.78, 5) is 27.4. The van der Waals surface area contributed by atoms with E-state index >= 15 is 0 Å². The minimum absolute atomic E-state index is 0.101. The molecule has 4 rings (SSSR count). The molecule has 2 aromatic carbocycles. The fraction of sp³-hybridized carbons (Fsp3) is 0.478. The zero-order valence-corrected chi connectivity index (χ0v) is 15.8. The maximum absolute atomic E-state index is 13.0. The minimum Gasteiger partial charge on any atom is -0.353 e. The van der Waals surface area contributed by atoms with Crippen molar-refractivity contribution in [3.63, 3.8) is 0 Å². The van der Waals surface area contributed by atoms with E-state index in [9.17, 15) is 9.59 Å². The maximum atomic E-state index is 13.0. The fourth-order valence-corrected chi connectivity index (χ4v) is 4.49. The summed E-state index contributed by atoms with van der Waals surface area (Å²) in [5.74, 6) is 0.534. The second kappa shape index (κ2) is 8.12. The van der Waals surface area contributed by atoms with Crippen LogP contribution >= 0.6 is 0 Å². The van der Waals surface area contributed by atoms with Crippen molar-refractivity contribution in [3.8, 4) is 0 Å². The summed E-state index contributed by atoms with van der Waals surface area (Å²) in [7, 11) is 0. The first-order chi connectivity index (χ1) is 13.2. The highest BCUT2D eigenvalue weighted by Gasteiger charge is 2.28. The van der Waals surface area contributed by atoms with E-state index in [1.807, 2.05) is 47.4 Å². The number of nitrogens with zero attached hydrogens (tertiary/aromatic N) is 1. The Morgan fingerprint density at radius 3 is 2.33 bits per heavy atom. The molecule has 0 radical (unpaired) electrons. The molecule has 2 aliphatic rings. The predicted octanol–water partition coefficient (Wildman–Crippen LogP) is 4.14. The lowest BCUT2D eigenvalue weighted by Gasteiger charge is -2.33. The third-order valence-electron chi connectivity index (χ3n) is 6.12. The van der Waals surface area contributed by atoms with Crippen LogP contribution in [0, 0.1) is 5.92 Å². The van der Waals surface area contributed by atoms with Gasteiger partial charge < -0.3 is 10.2 Å². The van der Waals surface area contributed by atoms with Crippen LogP contribution < -0.4 is 5.32 Å². The molecule has 0 unspecified atom stereocenters. The van der Waals surface area contributed by atoms with Gasteiger partial charge in [0.15, 0.2) is 0 Å². The van der Waals surface area contributed by atoms with Gasteiger partial charge in [0, 0.05) is 30.6 Å². The zero-order valence-electron chi connectivity index (χ0n) is 15.8. The van der Waals surface area contributed by atoms with Gasteiger partial charge in [-0.15, -0.1) is 0 Å². The molecule has 1 saturated heterocycles. The monoisotopic (exact) mass is 364 g/mol. The van der Waals surface area contributed by atoms with Gasteiger partial charge in [0.1, 0.15) is 0 Å². The molecule has 142 valence electrons. The first-order valence-corrected chi connectivity index (χ1v) is 10.3. The summed E-state index contributed by atoms with van der Waals surface area (Å²) in [6, 6.07) is 14.1. The van der Waals surface area contributed by atoms with Gasteiger partial charge in [0.05, 0.1) is 0 Å². The Labute approximate surface area is 160 Å². The van der Waals surface area contributed by atoms with E-state index in [2.05, 4.69) is 5.32 Å². The van der Waals surface area contributed by atoms with E-state index in [-0.39, 0.29) is 23.8 Å². The first-order valence-electron chi connectivity index (χ1n) is 10.3. The van der Waals surface area contributed by atoms with E-state index < -0.39 is 0 Å². The molecule has 1 aliphatic carbocycles. The molecule has 0 atom stereocenters. The Bertz CT molecular complexity index is 813. The predicted molar refractivity (Wildman–Crippen MR) is 108 cm³/mol. The number of nitrogens with one attached hydrogen (secondary N) is 1. The van der Waals surface area contributed by atoms with Crippen molar-refractivity contribution in [1.82, 2.24) is 10.2 Å². The Morgan fingerprint density at radius 2 is 1.56 bits per heavy atom. The van der Waals surface area contributed by atoms with Crippen molar-refractivity contribution in [2.45, 2.75) is 51.0 Å². The van der Waals surface area contributed by atoms with Crippen LogP contribution in [0.4, 0.5) is 0 Å². The number of carbonyl (C=O) groups excluding carboxylic acids is 2. The van der Waals surface area contributed by atoms with Gasteiger partial charge in [0.25, 0.3) is 5.91 Å². The highest BCUT2D eigenvalue weighted by molar-refractivity contribution is 6.07. The Balaban J connectivity index is 1.36. The molecule has 1 N–H and O–H groups in total. The van der Waals surface area contributed by atoms with Gasteiger partial charge in [-0.1, -0.05) is 55.7 Å². The van der Waals surface area contributed by atoms with E-state index in [0.29, 0.717) is 13.1 Å². The maximum Gasteiger partial charge on any atom is 0.254 e. The standard InChI is InChI=1S/C23H28N2O2/c26-22(18-8-2-1-3-9-18)24-19-13-15-25(16-14-19)23(27)21-12-6-10-17-7-4-5-11-20(17)21/h4-7,10-12,18-19H,1-3,8-9,13-16H2,(H,24,26). The molecule has 4 nitrogen and oxygen atoms in total. The van der Waals surface area contributed by atoms with Crippen molar-refractivity contribution in [1.29, 1.82) is 0 Å². The molecule has 0 spiro atoms. The van der Waals surface area contributed by atoms with Crippen molar-refractivity contribution in [2.75, 3.05) is 13.1 Å². The molecule has 1 heterocycles. The molecule has 2 aromatic rings. The fourth-order valence-electron chi connectivity index (χ4n) is 4.49. The quantitative estimate of drug-likeness (QED) is 0.890. The van der Waals surface area contributed by atoms with Crippen molar-refractivity contribution < 1.29 is 9.59 Å². The summed E-state index contributed by atoms with van der Waals surface area (Å²) in [5.41, 5.74) is 0.776. The zero-order chi connectivity index (χ0) is 18.6. The van der Waals surface area contributed by atoms with E-state index in [4.69, 9.17) is 0 Å². The summed E-state index contributed by atoms with van der Waals surface area (Å²) >= 11 is 0. The largest absolute Gasteiger partial charge is 0.353 e. The highest BCUT2D eigenvalue weighted by Crippen LogP contribution is 2.25. The van der Waals surface area contributed by atoms with Crippen LogP contribution in [0.2, 0.25) is 0 Å². The first kappa shape index (κ1) is 18.0. The number of hydrogen-bond donors (Lipinski definition) is 1. The molecular weight excluding hydrogens is 336 g/mol. The average Bonchev–Trinajstić information content (AvgIpc) is 2.74. The Morgan fingerprint density at radius 1 is 0.852 bits per heavy atom. The van der Waals surface area contributed by atoms with Crippen LogP contribution in [0.3, 0.4) is 0 Å². The molecule has 1 saturated carbocycles. The minimum atomic E-state index is 0.101. The van der Waals surface area contributed by atoms with Crippen LogP contribution in [0.1, 0.15) is 55.3 Å². The number of fused-ring (bicyclic) bond motifs is 1. The van der Waals surface area contributed by atoms with Crippen LogP contribution in [-0.4, -0.2) is 35.8 Å². The molecular formula is C23H28N2O2. The number of piperidine rings is 1. The molecule has 27 heavy (non-hydrogen) atoms. The number of amides is 2. The summed E-state index contributed by atoms with van der Waals surface area (Å²) in [5, 5.41) is 5.35. The summed E-state index contributed by atoms with van der Waals surface area (Å²) in [6.07, 6.45) is 7.36. The lowest BCUT2D eigenvalue weighted by atomic mass is 9.88. The molecule has 0 aromatic heterocycles. The Kier molecular flexibility index (Phi) is 5.42. The van der Waals surface area contributed by atoms with Crippen LogP contribution in [-0.2, 0) is 4.79 Å². The number of carbonyl (C=O) groups is 2. The molecule has 1 aliphatic heterocycles. The van der Waals surface area contributed by atoms with Gasteiger partial charge >= 0.3 is 0 Å². The third kappa shape index (κ3) is 4.00. The topological polar surface area (TPSA) is 49.4 Å². The second-order valence-corrected chi connectivity index (χ2v) is 7.94. The van der Waals surface area contributed by atoms with E-state index in [0.717, 1.165) is 42.0 Å². The van der Waals surface area contributed by atoms with Crippen LogP contribution in [0.5, 0.6) is 0 Å². The van der Waals surface area contributed by atoms with Gasteiger partial charge in [0.2, 0.25) is 5.91 Å². The summed E-state index contributed by atoms with van der Waals surface area (Å²) in [6.45, 7) is 1.41. The highest BCUT2D eigenvalue weighted by atomic mass is 16.2. The smallest absolute Gasteiger partial charge is 0.254 e. The number of likely N-dealkylation sites (tertiary alicyclic amines) is 1. The molecule has 0 bridgehead atoms. The molecule has 2 amide bonds. The van der Waals surface area contributed by atoms with Gasteiger partial charge in [-0.05, 0) is 42.5 Å². The second-order valence-electron chi connectivity index (χ2n) is 7.94. The third-order valence-corrected chi connectivity index (χ3v) is 6.12. The van der Waals surface area contributed by atoms with Crippen LogP contribution in [0.25, 0.3) is 10.8 Å². The van der Waals surface area contributed by atoms with Crippen molar-refractivity contribution in [2.24, 2.45) is 5.92 Å². The van der Waals surface area contributed by atoms with Crippen molar-refractivity contribution >= 4 is 22.6 Å². The van der Waals surface area contributed by atoms with Crippen molar-refractivity contribution in [3.05, 3.63) is 48.0 Å². The lowest BCUT2D eigenvalue weighted by Crippen LogP contribution is -2.48. The number of benzene rings is 2. The van der Waals surface area contributed by atoms with Gasteiger partial charge in [-0.2, -0.15) is 0 Å². The Hall–Kier alpha value is -2.36. The van der Waals surface area contributed by atoms with E-state index in [1.165, 1.54) is 19.3 Å². The average molecular weight is 364 g/mol. The number of rotatable bonds is 3.